The summed E-state index contributed by atoms with van der Waals surface area (Å²) in [6.45, 7) is 2.19. The Morgan fingerprint density at radius 1 is 0.594 bits per heavy atom. The molecule has 0 radical (unpaired) electrons. The Balaban J connectivity index is 2.97. The van der Waals surface area contributed by atoms with Crippen molar-refractivity contribution in [2.24, 2.45) is 17.4 Å². The van der Waals surface area contributed by atoms with Crippen LogP contribution in [0.15, 0.2) is 24.3 Å². The van der Waals surface area contributed by atoms with E-state index < -0.39 is 152 Å². The van der Waals surface area contributed by atoms with E-state index >= 15 is 0 Å². The summed E-state index contributed by atoms with van der Waals surface area (Å²) in [5.41, 5.74) is 11.5. The van der Waals surface area contributed by atoms with Crippen molar-refractivity contribution in [2.45, 2.75) is 114 Å². The standard InChI is InChI=1S/C41H67N11O16S/c1-19(2)31(51-33(59)20(3)45-36(62)27(16-54)48-38(64)29(18-69)50-40(66)32(21(4)56)52-34(60)24(43)15-53)39(65)49-28(17-55)37(63)47-25(7-5-6-12-42)35(61)44-14-30(58)46-26(41(67)68)13-22-8-10-23(57)11-9-22/h8-11,19-21,24-29,31-32,53-57,69H,5-7,12-18,42-43H2,1-4H3,(H,44,61)(H,45,62)(H,46,58)(H,47,63)(H,48,64)(H,49,65)(H,50,66)(H,51,59)(H,52,60)(H,67,68)/t20-,21+,24-,25-,26-,27-,28-,29-,31-,32-/m0/s1. The van der Waals surface area contributed by atoms with Gasteiger partial charge in [-0.1, -0.05) is 26.0 Å². The molecule has 0 heterocycles. The van der Waals surface area contributed by atoms with Gasteiger partial charge in [0.1, 0.15) is 60.1 Å². The Bertz CT molecular complexity index is 1910. The van der Waals surface area contributed by atoms with Gasteiger partial charge in [-0.05, 0) is 63.3 Å². The van der Waals surface area contributed by atoms with Gasteiger partial charge in [0.2, 0.25) is 53.2 Å². The Labute approximate surface area is 402 Å². The van der Waals surface area contributed by atoms with E-state index in [1.165, 1.54) is 45.0 Å². The van der Waals surface area contributed by atoms with Crippen LogP contribution in [0.4, 0.5) is 0 Å². The lowest BCUT2D eigenvalue weighted by Crippen LogP contribution is -2.62. The molecule has 0 spiro atoms. The van der Waals surface area contributed by atoms with Gasteiger partial charge in [-0.3, -0.25) is 43.2 Å². The quantitative estimate of drug-likeness (QED) is 0.0243. The fraction of sp³-hybridized carbons (Fsp3) is 0.610. The average Bonchev–Trinajstić information content (AvgIpc) is 3.30. The molecular weight excluding hydrogens is 935 g/mol. The van der Waals surface area contributed by atoms with Gasteiger partial charge in [0.05, 0.1) is 32.5 Å². The number of nitrogens with two attached hydrogens (primary N) is 2. The van der Waals surface area contributed by atoms with Crippen LogP contribution in [-0.2, 0) is 54.4 Å². The number of aliphatic carboxylic acids is 1. The van der Waals surface area contributed by atoms with Crippen molar-refractivity contribution in [1.29, 1.82) is 0 Å². The maximum atomic E-state index is 13.5. The molecule has 0 fully saturated rings. The molecule has 0 saturated heterocycles. The number of unbranched alkanes of at least 4 members (excludes halogenated alkanes) is 1. The van der Waals surface area contributed by atoms with Gasteiger partial charge in [-0.25, -0.2) is 4.79 Å². The van der Waals surface area contributed by atoms with E-state index in [1.54, 1.807) is 0 Å². The molecular formula is C41H67N11O16S. The van der Waals surface area contributed by atoms with Gasteiger partial charge in [0.25, 0.3) is 0 Å². The Kier molecular flexibility index (Phi) is 27.4. The first-order chi connectivity index (χ1) is 32.4. The molecule has 0 saturated carbocycles. The lowest BCUT2D eigenvalue weighted by atomic mass is 10.0. The predicted octanol–water partition coefficient (Wildman–Crippen LogP) is -7.57. The summed E-state index contributed by atoms with van der Waals surface area (Å²) in [6, 6.07) is -7.85. The molecule has 1 rings (SSSR count). The van der Waals surface area contributed by atoms with Crippen LogP contribution in [0.1, 0.15) is 52.5 Å². The molecule has 0 aliphatic heterocycles. The lowest BCUT2D eigenvalue weighted by molar-refractivity contribution is -0.141. The molecule has 0 aliphatic carbocycles. The second-order valence-electron chi connectivity index (χ2n) is 16.1. The molecule has 28 heteroatoms. The zero-order valence-corrected chi connectivity index (χ0v) is 39.5. The molecule has 69 heavy (non-hydrogen) atoms. The normalized spacial score (nSPS) is 15.4. The van der Waals surface area contributed by atoms with E-state index in [9.17, 15) is 73.5 Å². The van der Waals surface area contributed by atoms with Crippen LogP contribution >= 0.6 is 12.6 Å². The SMILES string of the molecule is CC(C)[C@H](NC(=O)[C@H](C)NC(=O)[C@H](CO)NC(=O)[C@H](CS)NC(=O)[C@@H](NC(=O)[C@@H](N)CO)[C@@H](C)O)C(=O)N[C@@H](CO)C(=O)N[C@@H](CCCCN)C(=O)NCC(=O)N[C@@H](Cc1ccc(O)cc1)C(=O)O. The molecule has 0 aliphatic rings. The number of thiol groups is 1. The molecule has 9 amide bonds. The minimum absolute atomic E-state index is 0.00348. The van der Waals surface area contributed by atoms with E-state index in [4.69, 9.17) is 16.6 Å². The molecule has 1 aromatic rings. The van der Waals surface area contributed by atoms with Crippen LogP contribution in [0.2, 0.25) is 0 Å². The van der Waals surface area contributed by atoms with Crippen LogP contribution in [0, 0.1) is 5.92 Å². The number of aromatic hydroxyl groups is 1. The first-order valence-electron chi connectivity index (χ1n) is 21.7. The van der Waals surface area contributed by atoms with Crippen LogP contribution in [0.25, 0.3) is 0 Å². The van der Waals surface area contributed by atoms with Crippen molar-refractivity contribution in [3.8, 4) is 5.75 Å². The number of carbonyl (C=O) groups excluding carboxylic acids is 9. The van der Waals surface area contributed by atoms with Crippen molar-refractivity contribution >= 4 is 71.8 Å². The number of nitrogens with one attached hydrogen (secondary N) is 9. The second-order valence-corrected chi connectivity index (χ2v) is 16.5. The molecule has 27 nitrogen and oxygen atoms in total. The van der Waals surface area contributed by atoms with E-state index in [-0.39, 0.29) is 30.9 Å². The van der Waals surface area contributed by atoms with Crippen molar-refractivity contribution in [3.63, 3.8) is 0 Å². The average molecular weight is 1000 g/mol. The Morgan fingerprint density at radius 3 is 1.61 bits per heavy atom. The summed E-state index contributed by atoms with van der Waals surface area (Å²) < 4.78 is 0. The highest BCUT2D eigenvalue weighted by Gasteiger charge is 2.35. The summed E-state index contributed by atoms with van der Waals surface area (Å²) in [6.07, 6.45) is -0.896. The highest BCUT2D eigenvalue weighted by molar-refractivity contribution is 7.80. The molecule has 0 bridgehead atoms. The molecule has 0 unspecified atom stereocenters. The second kappa shape index (κ2) is 31.1. The summed E-state index contributed by atoms with van der Waals surface area (Å²) in [4.78, 5) is 129. The maximum Gasteiger partial charge on any atom is 0.326 e. The number of phenols is 1. The van der Waals surface area contributed by atoms with E-state index in [2.05, 4.69) is 60.5 Å². The third-order valence-electron chi connectivity index (χ3n) is 10.1. The summed E-state index contributed by atoms with van der Waals surface area (Å²) in [5, 5.41) is 78.8. The van der Waals surface area contributed by atoms with Gasteiger partial charge in [-0.2, -0.15) is 12.6 Å². The molecule has 10 atom stereocenters. The zero-order chi connectivity index (χ0) is 52.5. The maximum absolute atomic E-state index is 13.5. The number of carbonyl (C=O) groups is 10. The van der Waals surface area contributed by atoms with Crippen molar-refractivity contribution in [1.82, 2.24) is 47.9 Å². The monoisotopic (exact) mass is 1000 g/mol. The molecule has 388 valence electrons. The van der Waals surface area contributed by atoms with Gasteiger partial charge >= 0.3 is 5.97 Å². The van der Waals surface area contributed by atoms with Crippen LogP contribution < -0.4 is 59.3 Å². The first kappa shape index (κ1) is 60.8. The van der Waals surface area contributed by atoms with Gasteiger partial charge in [0.15, 0.2) is 0 Å². The van der Waals surface area contributed by atoms with E-state index in [0.29, 0.717) is 18.4 Å². The van der Waals surface area contributed by atoms with Gasteiger partial charge < -0.3 is 90.0 Å². The smallest absolute Gasteiger partial charge is 0.326 e. The summed E-state index contributed by atoms with van der Waals surface area (Å²) in [7, 11) is 0. The van der Waals surface area contributed by atoms with Crippen molar-refractivity contribution in [3.05, 3.63) is 29.8 Å². The summed E-state index contributed by atoms with van der Waals surface area (Å²) in [5.74, 6) is -11.3. The minimum atomic E-state index is -1.71. The largest absolute Gasteiger partial charge is 0.508 e. The van der Waals surface area contributed by atoms with Crippen LogP contribution in [0.5, 0.6) is 5.75 Å². The molecule has 1 aromatic carbocycles. The predicted molar refractivity (Wildman–Crippen MR) is 246 cm³/mol. The Morgan fingerprint density at radius 2 is 1.10 bits per heavy atom. The number of aliphatic hydroxyl groups is 4. The zero-order valence-electron chi connectivity index (χ0n) is 38.6. The van der Waals surface area contributed by atoms with Crippen LogP contribution in [0.3, 0.4) is 0 Å². The number of hydrogen-bond donors (Lipinski definition) is 18. The molecule has 0 aromatic heterocycles. The third kappa shape index (κ3) is 21.3. The highest BCUT2D eigenvalue weighted by atomic mass is 32.1. The minimum Gasteiger partial charge on any atom is -0.508 e. The number of carboxylic acid groups (broad SMARTS) is 1. The first-order valence-corrected chi connectivity index (χ1v) is 22.4. The number of phenolic OH excluding ortho intramolecular Hbond substituents is 1. The fourth-order valence-electron chi connectivity index (χ4n) is 5.96. The number of carboxylic acids is 1. The van der Waals surface area contributed by atoms with Crippen molar-refractivity contribution < 1.29 is 78.6 Å². The number of aliphatic hydroxyl groups excluding tert-OH is 4. The molecule has 19 N–H and O–H groups in total. The number of amides is 9. The van der Waals surface area contributed by atoms with E-state index in [1.807, 2.05) is 0 Å². The fourth-order valence-corrected chi connectivity index (χ4v) is 6.21. The van der Waals surface area contributed by atoms with Gasteiger partial charge in [-0.15, -0.1) is 0 Å². The topological polar surface area (TPSA) is 452 Å². The van der Waals surface area contributed by atoms with Gasteiger partial charge in [0, 0.05) is 12.2 Å². The Hall–Kier alpha value is -6.17. The number of rotatable bonds is 31. The van der Waals surface area contributed by atoms with Crippen LogP contribution in [-0.4, -0.2) is 189 Å². The highest BCUT2D eigenvalue weighted by Crippen LogP contribution is 2.12. The third-order valence-corrected chi connectivity index (χ3v) is 10.4. The van der Waals surface area contributed by atoms with E-state index in [0.717, 1.165) is 6.92 Å². The summed E-state index contributed by atoms with van der Waals surface area (Å²) >= 11 is 4.02. The number of benzene rings is 1. The lowest BCUT2D eigenvalue weighted by Gasteiger charge is -2.27. The van der Waals surface area contributed by atoms with Crippen molar-refractivity contribution in [2.75, 3.05) is 38.7 Å². The number of hydrogen-bond acceptors (Lipinski definition) is 18.